The SMILES string of the molecule is O=C(O)CC1(NC(=O)c2cc(N3CCNC3=O)ccc2Cl)CCCC1. The van der Waals surface area contributed by atoms with Gasteiger partial charge in [0.2, 0.25) is 0 Å². The van der Waals surface area contributed by atoms with Crippen molar-refractivity contribution < 1.29 is 19.5 Å². The van der Waals surface area contributed by atoms with E-state index < -0.39 is 17.4 Å². The molecular weight excluding hydrogens is 346 g/mol. The van der Waals surface area contributed by atoms with Gasteiger partial charge in [0.15, 0.2) is 0 Å². The Morgan fingerprint density at radius 2 is 2.04 bits per heavy atom. The number of carbonyl (C=O) groups excluding carboxylic acids is 2. The number of hydrogen-bond donors (Lipinski definition) is 3. The lowest BCUT2D eigenvalue weighted by molar-refractivity contribution is -0.138. The molecule has 2 aliphatic rings. The van der Waals surface area contributed by atoms with E-state index in [9.17, 15) is 14.4 Å². The number of benzene rings is 1. The van der Waals surface area contributed by atoms with Crippen molar-refractivity contribution in [1.82, 2.24) is 10.6 Å². The van der Waals surface area contributed by atoms with E-state index in [1.54, 1.807) is 18.2 Å². The van der Waals surface area contributed by atoms with Crippen LogP contribution in [-0.4, -0.2) is 41.6 Å². The fourth-order valence-electron chi connectivity index (χ4n) is 3.57. The molecule has 0 radical (unpaired) electrons. The molecule has 2 fully saturated rings. The summed E-state index contributed by atoms with van der Waals surface area (Å²) in [4.78, 5) is 37.3. The third-order valence-electron chi connectivity index (χ3n) is 4.79. The number of hydrogen-bond acceptors (Lipinski definition) is 3. The first-order valence-corrected chi connectivity index (χ1v) is 8.67. The first-order chi connectivity index (χ1) is 11.9. The number of nitrogens with zero attached hydrogens (tertiary/aromatic N) is 1. The highest BCUT2D eigenvalue weighted by Crippen LogP contribution is 2.34. The van der Waals surface area contributed by atoms with Crippen LogP contribution in [0.5, 0.6) is 0 Å². The summed E-state index contributed by atoms with van der Waals surface area (Å²) in [5.41, 5.74) is 0.103. The van der Waals surface area contributed by atoms with Gasteiger partial charge in [-0.05, 0) is 31.0 Å². The lowest BCUT2D eigenvalue weighted by Crippen LogP contribution is -2.47. The fraction of sp³-hybridized carbons (Fsp3) is 0.471. The first kappa shape index (κ1) is 17.5. The zero-order chi connectivity index (χ0) is 18.0. The number of carboxylic acids is 1. The van der Waals surface area contributed by atoms with E-state index in [0.29, 0.717) is 31.6 Å². The Morgan fingerprint density at radius 1 is 1.32 bits per heavy atom. The van der Waals surface area contributed by atoms with Gasteiger partial charge in [0.25, 0.3) is 5.91 Å². The number of amides is 3. The molecule has 1 saturated carbocycles. The highest BCUT2D eigenvalue weighted by Gasteiger charge is 2.38. The Bertz CT molecular complexity index is 716. The highest BCUT2D eigenvalue weighted by atomic mass is 35.5. The molecule has 1 aliphatic carbocycles. The Labute approximate surface area is 150 Å². The van der Waals surface area contributed by atoms with Crippen LogP contribution in [0.3, 0.4) is 0 Å². The van der Waals surface area contributed by atoms with Crippen molar-refractivity contribution in [2.24, 2.45) is 0 Å². The minimum atomic E-state index is -0.934. The van der Waals surface area contributed by atoms with Crippen LogP contribution in [0.4, 0.5) is 10.5 Å². The minimum Gasteiger partial charge on any atom is -0.481 e. The Hall–Kier alpha value is -2.28. The predicted molar refractivity (Wildman–Crippen MR) is 93.1 cm³/mol. The third-order valence-corrected chi connectivity index (χ3v) is 5.12. The van der Waals surface area contributed by atoms with Crippen LogP contribution >= 0.6 is 11.6 Å². The van der Waals surface area contributed by atoms with E-state index in [-0.39, 0.29) is 23.0 Å². The summed E-state index contributed by atoms with van der Waals surface area (Å²) in [6.07, 6.45) is 2.93. The average molecular weight is 366 g/mol. The van der Waals surface area contributed by atoms with Gasteiger partial charge in [0.05, 0.1) is 22.5 Å². The van der Waals surface area contributed by atoms with Crippen LogP contribution in [0.25, 0.3) is 0 Å². The van der Waals surface area contributed by atoms with Gasteiger partial charge in [0, 0.05) is 18.8 Å². The molecule has 1 aromatic rings. The molecule has 134 valence electrons. The molecule has 1 heterocycles. The maximum atomic E-state index is 12.7. The summed E-state index contributed by atoms with van der Waals surface area (Å²) in [6.45, 7) is 1.06. The monoisotopic (exact) mass is 365 g/mol. The topological polar surface area (TPSA) is 98.7 Å². The van der Waals surface area contributed by atoms with Crippen LogP contribution in [0.2, 0.25) is 5.02 Å². The molecule has 7 nitrogen and oxygen atoms in total. The molecule has 0 spiro atoms. The number of carboxylic acid groups (broad SMARTS) is 1. The summed E-state index contributed by atoms with van der Waals surface area (Å²) >= 11 is 6.17. The molecule has 1 aliphatic heterocycles. The zero-order valence-corrected chi connectivity index (χ0v) is 14.4. The number of halogens is 1. The molecule has 25 heavy (non-hydrogen) atoms. The van der Waals surface area contributed by atoms with E-state index in [1.807, 2.05) is 0 Å². The maximum Gasteiger partial charge on any atom is 0.321 e. The number of aliphatic carboxylic acids is 1. The average Bonchev–Trinajstić information content (AvgIpc) is 3.16. The molecule has 3 amide bonds. The maximum absolute atomic E-state index is 12.7. The van der Waals surface area contributed by atoms with Crippen LogP contribution in [0, 0.1) is 0 Å². The van der Waals surface area contributed by atoms with Crippen LogP contribution < -0.4 is 15.5 Å². The second-order valence-corrected chi connectivity index (χ2v) is 6.97. The lowest BCUT2D eigenvalue weighted by Gasteiger charge is -2.29. The number of nitrogens with one attached hydrogen (secondary N) is 2. The van der Waals surface area contributed by atoms with Gasteiger partial charge in [-0.3, -0.25) is 14.5 Å². The third kappa shape index (κ3) is 3.71. The van der Waals surface area contributed by atoms with Gasteiger partial charge < -0.3 is 15.7 Å². The predicted octanol–water partition coefficient (Wildman–Crippen LogP) is 2.39. The van der Waals surface area contributed by atoms with Crippen molar-refractivity contribution >= 4 is 35.2 Å². The number of anilines is 1. The number of carbonyl (C=O) groups is 3. The lowest BCUT2D eigenvalue weighted by atomic mass is 9.92. The molecule has 0 unspecified atom stereocenters. The molecule has 0 aromatic heterocycles. The van der Waals surface area contributed by atoms with Crippen LogP contribution in [0.15, 0.2) is 18.2 Å². The van der Waals surface area contributed by atoms with Gasteiger partial charge in [-0.25, -0.2) is 4.79 Å². The van der Waals surface area contributed by atoms with Gasteiger partial charge in [0.1, 0.15) is 0 Å². The quantitative estimate of drug-likeness (QED) is 0.746. The van der Waals surface area contributed by atoms with Crippen molar-refractivity contribution in [1.29, 1.82) is 0 Å². The van der Waals surface area contributed by atoms with Gasteiger partial charge in [-0.2, -0.15) is 0 Å². The largest absolute Gasteiger partial charge is 0.481 e. The number of rotatable bonds is 5. The standard InChI is InChI=1S/C17H20ClN3O4/c18-13-4-3-11(21-8-7-19-16(21)25)9-12(13)15(24)20-17(10-14(22)23)5-1-2-6-17/h3-4,9H,1-2,5-8,10H2,(H,19,25)(H,20,24)(H,22,23). The van der Waals surface area contributed by atoms with Gasteiger partial charge in [-0.1, -0.05) is 24.4 Å². The van der Waals surface area contributed by atoms with Crippen molar-refractivity contribution in [3.05, 3.63) is 28.8 Å². The molecule has 1 aromatic carbocycles. The number of urea groups is 1. The normalized spacial score (nSPS) is 18.9. The second-order valence-electron chi connectivity index (χ2n) is 6.56. The summed E-state index contributed by atoms with van der Waals surface area (Å²) < 4.78 is 0. The van der Waals surface area contributed by atoms with Gasteiger partial charge >= 0.3 is 12.0 Å². The van der Waals surface area contributed by atoms with Crippen LogP contribution in [0.1, 0.15) is 42.5 Å². The molecule has 0 bridgehead atoms. The van der Waals surface area contributed by atoms with E-state index >= 15 is 0 Å². The smallest absolute Gasteiger partial charge is 0.321 e. The summed E-state index contributed by atoms with van der Waals surface area (Å²) in [7, 11) is 0. The summed E-state index contributed by atoms with van der Waals surface area (Å²) in [5, 5.41) is 15.0. The molecule has 8 heteroatoms. The summed E-state index contributed by atoms with van der Waals surface area (Å²) in [5.74, 6) is -1.34. The first-order valence-electron chi connectivity index (χ1n) is 8.29. The second kappa shape index (κ2) is 6.92. The van der Waals surface area contributed by atoms with Crippen molar-refractivity contribution in [2.45, 2.75) is 37.6 Å². The van der Waals surface area contributed by atoms with Crippen molar-refractivity contribution in [3.63, 3.8) is 0 Å². The molecular formula is C17H20ClN3O4. The van der Waals surface area contributed by atoms with Crippen molar-refractivity contribution in [3.8, 4) is 0 Å². The fourth-order valence-corrected chi connectivity index (χ4v) is 3.77. The molecule has 3 N–H and O–H groups in total. The van der Waals surface area contributed by atoms with Gasteiger partial charge in [-0.15, -0.1) is 0 Å². The van der Waals surface area contributed by atoms with Crippen LogP contribution in [-0.2, 0) is 4.79 Å². The molecule has 1 saturated heterocycles. The summed E-state index contributed by atoms with van der Waals surface area (Å²) in [6, 6.07) is 4.63. The van der Waals surface area contributed by atoms with E-state index in [1.165, 1.54) is 4.90 Å². The van der Waals surface area contributed by atoms with Crippen molar-refractivity contribution in [2.75, 3.05) is 18.0 Å². The highest BCUT2D eigenvalue weighted by molar-refractivity contribution is 6.34. The Balaban J connectivity index is 1.83. The molecule has 0 atom stereocenters. The molecule has 3 rings (SSSR count). The van der Waals surface area contributed by atoms with E-state index in [4.69, 9.17) is 16.7 Å². The van der Waals surface area contributed by atoms with E-state index in [0.717, 1.165) is 12.8 Å². The minimum absolute atomic E-state index is 0.107. The Kier molecular flexibility index (Phi) is 4.85. The Morgan fingerprint density at radius 3 is 2.64 bits per heavy atom. The zero-order valence-electron chi connectivity index (χ0n) is 13.7. The van der Waals surface area contributed by atoms with E-state index in [2.05, 4.69) is 10.6 Å².